The minimum atomic E-state index is -1.56. The molecular weight excluding hydrogens is 306 g/mol. The van der Waals surface area contributed by atoms with Crippen molar-refractivity contribution in [1.82, 2.24) is 0 Å². The predicted molar refractivity (Wildman–Crippen MR) is 88.8 cm³/mol. The highest BCUT2D eigenvalue weighted by molar-refractivity contribution is 6.13. The normalized spacial score (nSPS) is 14.3. The Kier molecular flexibility index (Phi) is 5.75. The third-order valence-electron chi connectivity index (χ3n) is 4.07. The summed E-state index contributed by atoms with van der Waals surface area (Å²) < 4.78 is 10.5. The van der Waals surface area contributed by atoms with Crippen LogP contribution in [0.25, 0.3) is 6.08 Å². The van der Waals surface area contributed by atoms with Crippen molar-refractivity contribution in [3.05, 3.63) is 41.0 Å². The van der Waals surface area contributed by atoms with Crippen molar-refractivity contribution in [1.29, 1.82) is 5.26 Å². The van der Waals surface area contributed by atoms with Gasteiger partial charge in [-0.25, -0.2) is 0 Å². The molecule has 0 aromatic heterocycles. The van der Waals surface area contributed by atoms with Gasteiger partial charge in [0.2, 0.25) is 5.41 Å². The number of rotatable bonds is 7. The highest BCUT2D eigenvalue weighted by atomic mass is 16.6. The van der Waals surface area contributed by atoms with Crippen LogP contribution in [0.3, 0.4) is 0 Å². The second-order valence-corrected chi connectivity index (χ2v) is 5.46. The summed E-state index contributed by atoms with van der Waals surface area (Å²) in [5.41, 5.74) is 0.480. The van der Waals surface area contributed by atoms with E-state index in [0.717, 1.165) is 5.56 Å². The number of unbranched alkanes of at least 4 members (excludes halogenated alkanes) is 1. The van der Waals surface area contributed by atoms with Crippen LogP contribution in [0.2, 0.25) is 0 Å². The molecule has 126 valence electrons. The molecule has 0 bridgehead atoms. The molecule has 1 aliphatic carbocycles. The lowest BCUT2D eigenvalue weighted by Crippen LogP contribution is -2.46. The van der Waals surface area contributed by atoms with Gasteiger partial charge in [0.15, 0.2) is 0 Å². The summed E-state index contributed by atoms with van der Waals surface area (Å²) in [6.07, 6.45) is 3.23. The third kappa shape index (κ3) is 2.92. The molecule has 5 nitrogen and oxygen atoms in total. The molecule has 0 heterocycles. The first-order chi connectivity index (χ1) is 11.6. The number of fused-ring (bicyclic) bond motifs is 1. The zero-order valence-electron chi connectivity index (χ0n) is 14.0. The van der Waals surface area contributed by atoms with Gasteiger partial charge in [0.1, 0.15) is 0 Å². The van der Waals surface area contributed by atoms with Gasteiger partial charge in [-0.2, -0.15) is 5.26 Å². The highest BCUT2D eigenvalue weighted by Crippen LogP contribution is 2.46. The molecule has 2 rings (SSSR count). The van der Waals surface area contributed by atoms with Crippen LogP contribution in [0, 0.1) is 11.3 Å². The largest absolute Gasteiger partial charge is 0.465 e. The van der Waals surface area contributed by atoms with Crippen LogP contribution in [0.4, 0.5) is 0 Å². The second-order valence-electron chi connectivity index (χ2n) is 5.46. The monoisotopic (exact) mass is 327 g/mol. The fourth-order valence-electron chi connectivity index (χ4n) is 3.10. The number of hydrogen-bond acceptors (Lipinski definition) is 5. The fourth-order valence-corrected chi connectivity index (χ4v) is 3.10. The fraction of sp³-hybridized carbons (Fsp3) is 0.421. The standard InChI is InChI=1S/C19H21NO4/c1-3-23-17(21)19(18(22)24-4-2)15(10-7-8-12-20)13-14-9-5-6-11-16(14)19/h5-6,9,11,13H,3-4,7-8,10H2,1-2H3. The molecule has 0 atom stereocenters. The Balaban J connectivity index is 2.57. The summed E-state index contributed by atoms with van der Waals surface area (Å²) in [5, 5.41) is 8.78. The van der Waals surface area contributed by atoms with Crippen LogP contribution in [-0.4, -0.2) is 25.2 Å². The van der Waals surface area contributed by atoms with Crippen molar-refractivity contribution in [3.8, 4) is 6.07 Å². The zero-order valence-corrected chi connectivity index (χ0v) is 14.0. The maximum Gasteiger partial charge on any atom is 0.332 e. The van der Waals surface area contributed by atoms with E-state index in [1.165, 1.54) is 0 Å². The average Bonchev–Trinajstić information content (AvgIpc) is 2.90. The number of nitrogens with zero attached hydrogens (tertiary/aromatic N) is 1. The van der Waals surface area contributed by atoms with Gasteiger partial charge < -0.3 is 9.47 Å². The maximum atomic E-state index is 12.9. The molecule has 0 saturated heterocycles. The molecule has 5 heteroatoms. The molecule has 1 aliphatic rings. The van der Waals surface area contributed by atoms with E-state index < -0.39 is 17.4 Å². The lowest BCUT2D eigenvalue weighted by molar-refractivity contribution is -0.162. The Hall–Kier alpha value is -2.61. The van der Waals surface area contributed by atoms with E-state index in [2.05, 4.69) is 6.07 Å². The molecule has 24 heavy (non-hydrogen) atoms. The first kappa shape index (κ1) is 17.7. The van der Waals surface area contributed by atoms with Crippen molar-refractivity contribution in [2.75, 3.05) is 13.2 Å². The Morgan fingerprint density at radius 1 is 1.12 bits per heavy atom. The Labute approximate surface area is 141 Å². The van der Waals surface area contributed by atoms with Gasteiger partial charge in [-0.1, -0.05) is 30.3 Å². The van der Waals surface area contributed by atoms with Crippen LogP contribution >= 0.6 is 0 Å². The molecule has 0 unspecified atom stereocenters. The molecule has 0 fully saturated rings. The van der Waals surface area contributed by atoms with Gasteiger partial charge in [0.25, 0.3) is 0 Å². The van der Waals surface area contributed by atoms with Gasteiger partial charge in [0.05, 0.1) is 19.3 Å². The summed E-state index contributed by atoms with van der Waals surface area (Å²) in [5.74, 6) is -1.23. The topological polar surface area (TPSA) is 76.4 Å². The number of esters is 2. The molecule has 0 saturated carbocycles. The molecule has 0 amide bonds. The smallest absolute Gasteiger partial charge is 0.332 e. The first-order valence-corrected chi connectivity index (χ1v) is 8.14. The van der Waals surface area contributed by atoms with Gasteiger partial charge >= 0.3 is 11.9 Å². The van der Waals surface area contributed by atoms with E-state index in [0.29, 0.717) is 30.4 Å². The van der Waals surface area contributed by atoms with Crippen LogP contribution < -0.4 is 0 Å². The molecule has 1 aromatic rings. The Morgan fingerprint density at radius 2 is 1.75 bits per heavy atom. The van der Waals surface area contributed by atoms with Crippen molar-refractivity contribution in [2.45, 2.75) is 38.5 Å². The summed E-state index contributed by atoms with van der Waals surface area (Å²) in [6.45, 7) is 3.76. The third-order valence-corrected chi connectivity index (χ3v) is 4.07. The number of carbonyl (C=O) groups excluding carboxylic acids is 2. The summed E-state index contributed by atoms with van der Waals surface area (Å²) in [7, 11) is 0. The molecule has 0 radical (unpaired) electrons. The van der Waals surface area contributed by atoms with Crippen LogP contribution in [0.5, 0.6) is 0 Å². The first-order valence-electron chi connectivity index (χ1n) is 8.14. The number of benzene rings is 1. The van der Waals surface area contributed by atoms with E-state index in [4.69, 9.17) is 14.7 Å². The lowest BCUT2D eigenvalue weighted by Gasteiger charge is -2.29. The van der Waals surface area contributed by atoms with Crippen molar-refractivity contribution in [3.63, 3.8) is 0 Å². The number of ether oxygens (including phenoxy) is 2. The highest BCUT2D eigenvalue weighted by Gasteiger charge is 2.56. The molecule has 1 aromatic carbocycles. The second kappa shape index (κ2) is 7.78. The maximum absolute atomic E-state index is 12.9. The van der Waals surface area contributed by atoms with Gasteiger partial charge in [-0.05, 0) is 43.4 Å². The summed E-state index contributed by atoms with van der Waals surface area (Å²) >= 11 is 0. The van der Waals surface area contributed by atoms with Crippen LogP contribution in [-0.2, 0) is 24.5 Å². The van der Waals surface area contributed by atoms with Crippen molar-refractivity contribution < 1.29 is 19.1 Å². The SMILES string of the molecule is CCOC(=O)C1(C(=O)OCC)C(CCCC#N)=Cc2ccccc21. The summed E-state index contributed by atoms with van der Waals surface area (Å²) in [4.78, 5) is 25.7. The number of nitriles is 1. The van der Waals surface area contributed by atoms with Crippen LogP contribution in [0.1, 0.15) is 44.2 Å². The van der Waals surface area contributed by atoms with Crippen molar-refractivity contribution >= 4 is 18.0 Å². The number of hydrogen-bond donors (Lipinski definition) is 0. The van der Waals surface area contributed by atoms with Gasteiger partial charge in [-0.3, -0.25) is 9.59 Å². The summed E-state index contributed by atoms with van der Waals surface area (Å²) in [6, 6.07) is 9.36. The van der Waals surface area contributed by atoms with Gasteiger partial charge in [0, 0.05) is 6.42 Å². The lowest BCUT2D eigenvalue weighted by atomic mass is 9.75. The predicted octanol–water partition coefficient (Wildman–Crippen LogP) is 3.14. The molecule has 0 spiro atoms. The van der Waals surface area contributed by atoms with Crippen LogP contribution in [0.15, 0.2) is 29.8 Å². The molecule has 0 aliphatic heterocycles. The van der Waals surface area contributed by atoms with E-state index in [1.807, 2.05) is 18.2 Å². The van der Waals surface area contributed by atoms with E-state index >= 15 is 0 Å². The average molecular weight is 327 g/mol. The minimum absolute atomic E-state index is 0.174. The Morgan fingerprint density at radius 3 is 2.33 bits per heavy atom. The molecule has 0 N–H and O–H groups in total. The number of carbonyl (C=O) groups is 2. The minimum Gasteiger partial charge on any atom is -0.465 e. The van der Waals surface area contributed by atoms with E-state index in [9.17, 15) is 9.59 Å². The van der Waals surface area contributed by atoms with E-state index in [-0.39, 0.29) is 13.2 Å². The molecular formula is C19H21NO4. The van der Waals surface area contributed by atoms with Gasteiger partial charge in [-0.15, -0.1) is 0 Å². The zero-order chi connectivity index (χ0) is 17.6. The Bertz CT molecular complexity index is 682. The van der Waals surface area contributed by atoms with Crippen molar-refractivity contribution in [2.24, 2.45) is 0 Å². The van der Waals surface area contributed by atoms with E-state index in [1.54, 1.807) is 26.0 Å². The quantitative estimate of drug-likeness (QED) is 0.437.